The Labute approximate surface area is 122 Å². The molecule has 0 amide bonds. The van der Waals surface area contributed by atoms with Crippen molar-refractivity contribution in [3.63, 3.8) is 0 Å². The van der Waals surface area contributed by atoms with Crippen LogP contribution >= 0.6 is 0 Å². The summed E-state index contributed by atoms with van der Waals surface area (Å²) in [5, 5.41) is 0. The van der Waals surface area contributed by atoms with Gasteiger partial charge in [-0.15, -0.1) is 0 Å². The molecule has 3 heteroatoms. The molecule has 0 aliphatic heterocycles. The first-order valence-corrected chi connectivity index (χ1v) is 5.30. The minimum absolute atomic E-state index is 0. The van der Waals surface area contributed by atoms with Gasteiger partial charge >= 0.3 is 29.6 Å². The summed E-state index contributed by atoms with van der Waals surface area (Å²) < 4.78 is 0. The van der Waals surface area contributed by atoms with Crippen molar-refractivity contribution in [3.8, 4) is 0 Å². The molecule has 2 nitrogen and oxygen atoms in total. The SMILES string of the molecule is O=C1C=Cc2cc3c(cc2C1)CC(=O)C=C3.[NaH]. The Balaban J connectivity index is 0.00000108. The van der Waals surface area contributed by atoms with Gasteiger partial charge in [0.05, 0.1) is 0 Å². The van der Waals surface area contributed by atoms with Crippen LogP contribution in [0.1, 0.15) is 22.3 Å². The van der Waals surface area contributed by atoms with E-state index in [1.807, 2.05) is 18.2 Å². The van der Waals surface area contributed by atoms with Crippen molar-refractivity contribution in [2.24, 2.45) is 0 Å². The number of carbonyl (C=O) groups is 2. The van der Waals surface area contributed by atoms with Crippen molar-refractivity contribution in [1.82, 2.24) is 0 Å². The summed E-state index contributed by atoms with van der Waals surface area (Å²) in [6.07, 6.45) is 7.85. The molecule has 0 unspecified atom stereocenters. The molecule has 0 aromatic heterocycles. The third-order valence-corrected chi connectivity index (χ3v) is 3.03. The summed E-state index contributed by atoms with van der Waals surface area (Å²) in [6.45, 7) is 0. The molecule has 1 aromatic rings. The average molecular weight is 234 g/mol. The fraction of sp³-hybridized carbons (Fsp3) is 0.143. The molecule has 2 aliphatic carbocycles. The van der Waals surface area contributed by atoms with Crippen molar-refractivity contribution >= 4 is 53.3 Å². The van der Waals surface area contributed by atoms with E-state index in [0.717, 1.165) is 22.3 Å². The molecule has 0 saturated carbocycles. The van der Waals surface area contributed by atoms with Gasteiger partial charge in [-0.2, -0.15) is 0 Å². The second kappa shape index (κ2) is 4.73. The molecule has 0 atom stereocenters. The van der Waals surface area contributed by atoms with Crippen molar-refractivity contribution in [3.05, 3.63) is 46.5 Å². The zero-order valence-electron chi connectivity index (χ0n) is 8.69. The molecule has 0 heterocycles. The van der Waals surface area contributed by atoms with E-state index < -0.39 is 0 Å². The standard InChI is InChI=1S/C14H10O2.Na.H/c15-13-3-1-9-5-10-2-4-14(16)8-12(10)6-11(9)7-13;;/h1-6H,7-8H2;;. The van der Waals surface area contributed by atoms with Gasteiger partial charge in [0.25, 0.3) is 0 Å². The second-order valence-corrected chi connectivity index (χ2v) is 4.20. The molecule has 2 aliphatic rings. The van der Waals surface area contributed by atoms with Crippen LogP contribution in [0.3, 0.4) is 0 Å². The van der Waals surface area contributed by atoms with Gasteiger partial charge in [0.1, 0.15) is 0 Å². The van der Waals surface area contributed by atoms with Gasteiger partial charge < -0.3 is 0 Å². The monoisotopic (exact) mass is 234 g/mol. The van der Waals surface area contributed by atoms with Crippen molar-refractivity contribution < 1.29 is 9.59 Å². The number of allylic oxidation sites excluding steroid dienone is 2. The number of rotatable bonds is 0. The predicted octanol–water partition coefficient (Wildman–Crippen LogP) is 1.31. The van der Waals surface area contributed by atoms with Gasteiger partial charge in [-0.05, 0) is 40.5 Å². The number of benzene rings is 1. The fourth-order valence-corrected chi connectivity index (χ4v) is 2.21. The van der Waals surface area contributed by atoms with Gasteiger partial charge in [-0.25, -0.2) is 0 Å². The molecular formula is C14H11NaO2. The van der Waals surface area contributed by atoms with E-state index in [9.17, 15) is 9.59 Å². The maximum atomic E-state index is 11.3. The van der Waals surface area contributed by atoms with Crippen LogP contribution in [0.4, 0.5) is 0 Å². The Morgan fingerprint density at radius 2 is 1.18 bits per heavy atom. The third kappa shape index (κ3) is 2.34. The molecule has 0 fully saturated rings. The average Bonchev–Trinajstić information content (AvgIpc) is 2.26. The van der Waals surface area contributed by atoms with E-state index in [4.69, 9.17) is 0 Å². The van der Waals surface area contributed by atoms with E-state index in [0.29, 0.717) is 12.8 Å². The second-order valence-electron chi connectivity index (χ2n) is 4.20. The van der Waals surface area contributed by atoms with Crippen LogP contribution in [0.25, 0.3) is 12.2 Å². The van der Waals surface area contributed by atoms with Crippen LogP contribution in [-0.4, -0.2) is 41.1 Å². The normalized spacial score (nSPS) is 16.2. The molecule has 0 radical (unpaired) electrons. The number of hydrogen-bond donors (Lipinski definition) is 0. The molecule has 80 valence electrons. The van der Waals surface area contributed by atoms with Gasteiger partial charge in [-0.1, -0.05) is 18.2 Å². The first-order chi connectivity index (χ1) is 7.72. The molecule has 3 rings (SSSR count). The fourth-order valence-electron chi connectivity index (χ4n) is 2.21. The Morgan fingerprint density at radius 3 is 1.65 bits per heavy atom. The summed E-state index contributed by atoms with van der Waals surface area (Å²) in [6, 6.07) is 4.05. The summed E-state index contributed by atoms with van der Waals surface area (Å²) in [4.78, 5) is 22.6. The zero-order chi connectivity index (χ0) is 11.1. The summed E-state index contributed by atoms with van der Waals surface area (Å²) in [5.74, 6) is 0.259. The van der Waals surface area contributed by atoms with Crippen LogP contribution in [0, 0.1) is 0 Å². The minimum atomic E-state index is 0. The van der Waals surface area contributed by atoms with Crippen molar-refractivity contribution in [1.29, 1.82) is 0 Å². The van der Waals surface area contributed by atoms with Crippen LogP contribution in [-0.2, 0) is 22.4 Å². The Morgan fingerprint density at radius 1 is 0.706 bits per heavy atom. The van der Waals surface area contributed by atoms with E-state index in [1.165, 1.54) is 0 Å². The molecule has 0 saturated heterocycles. The van der Waals surface area contributed by atoms with Crippen LogP contribution < -0.4 is 0 Å². The molecule has 0 bridgehead atoms. The summed E-state index contributed by atoms with van der Waals surface area (Å²) in [5.41, 5.74) is 4.26. The molecule has 17 heavy (non-hydrogen) atoms. The Bertz CT molecular complexity index is 521. The Kier molecular flexibility index (Phi) is 3.48. The number of carbonyl (C=O) groups excluding carboxylic acids is 2. The molecule has 0 N–H and O–H groups in total. The van der Waals surface area contributed by atoms with Crippen LogP contribution in [0.15, 0.2) is 24.3 Å². The van der Waals surface area contributed by atoms with Gasteiger partial charge in [0.2, 0.25) is 0 Å². The van der Waals surface area contributed by atoms with Crippen molar-refractivity contribution in [2.45, 2.75) is 12.8 Å². The van der Waals surface area contributed by atoms with Gasteiger partial charge in [0, 0.05) is 12.8 Å². The van der Waals surface area contributed by atoms with E-state index in [-0.39, 0.29) is 41.1 Å². The molecule has 1 aromatic carbocycles. The van der Waals surface area contributed by atoms with Gasteiger partial charge in [-0.3, -0.25) is 9.59 Å². The van der Waals surface area contributed by atoms with Crippen molar-refractivity contribution in [2.75, 3.05) is 0 Å². The van der Waals surface area contributed by atoms with E-state index in [1.54, 1.807) is 12.2 Å². The quantitative estimate of drug-likeness (QED) is 0.634. The number of hydrogen-bond acceptors (Lipinski definition) is 2. The van der Waals surface area contributed by atoms with Gasteiger partial charge in [0.15, 0.2) is 11.6 Å². The van der Waals surface area contributed by atoms with E-state index >= 15 is 0 Å². The number of ketones is 2. The topological polar surface area (TPSA) is 34.1 Å². The first kappa shape index (κ1) is 12.5. The zero-order valence-corrected chi connectivity index (χ0v) is 8.69. The van der Waals surface area contributed by atoms with Crippen LogP contribution in [0.2, 0.25) is 0 Å². The maximum absolute atomic E-state index is 11.3. The third-order valence-electron chi connectivity index (χ3n) is 3.03. The summed E-state index contributed by atoms with van der Waals surface area (Å²) in [7, 11) is 0. The van der Waals surface area contributed by atoms with Crippen LogP contribution in [0.5, 0.6) is 0 Å². The van der Waals surface area contributed by atoms with E-state index in [2.05, 4.69) is 6.07 Å². The first-order valence-electron chi connectivity index (χ1n) is 5.30. The molecular weight excluding hydrogens is 223 g/mol. The number of fused-ring (bicyclic) bond motifs is 2. The summed E-state index contributed by atoms with van der Waals surface area (Å²) >= 11 is 0. The molecule has 0 spiro atoms. The Hall–Kier alpha value is -0.960. The predicted molar refractivity (Wildman–Crippen MR) is 69.1 cm³/mol.